The molecule has 0 amide bonds. The first-order valence-corrected chi connectivity index (χ1v) is 16.7. The van der Waals surface area contributed by atoms with Gasteiger partial charge in [0, 0.05) is 50.2 Å². The monoisotopic (exact) mass is 685 g/mol. The summed E-state index contributed by atoms with van der Waals surface area (Å²) in [6.45, 7) is 7.34. The number of pyridine rings is 1. The van der Waals surface area contributed by atoms with Crippen molar-refractivity contribution in [2.45, 2.75) is 56.6 Å². The minimum absolute atomic E-state index is 0.114. The molecule has 0 radical (unpaired) electrons. The van der Waals surface area contributed by atoms with E-state index < -0.39 is 29.5 Å². The largest absolute Gasteiger partial charge is 0.465 e. The summed E-state index contributed by atoms with van der Waals surface area (Å²) in [5.41, 5.74) is 4.63. The Hall–Kier alpha value is -5.03. The first kappa shape index (κ1) is 33.9. The number of carbonyl (C=O) groups is 2. The quantitative estimate of drug-likeness (QED) is 0.127. The molecule has 0 aliphatic carbocycles. The van der Waals surface area contributed by atoms with Gasteiger partial charge in [-0.15, -0.1) is 0 Å². The highest BCUT2D eigenvalue weighted by molar-refractivity contribution is 7.99. The molecule has 3 aromatic heterocycles. The smallest absolute Gasteiger partial charge is 0.325 e. The number of hydrogen-bond acceptors (Lipinski definition) is 6. The SMILES string of the molecule is CCOC(=O)Cn1c(C)c(C(c2cccnc2Sc2ccc(F)cc2)c2c(C)n(CC(=O)OCC)c3ccc(F)cc23)c2cc(F)ccc21. The molecule has 0 aliphatic rings. The molecule has 0 atom stereocenters. The van der Waals surface area contributed by atoms with Gasteiger partial charge >= 0.3 is 11.9 Å². The summed E-state index contributed by atoms with van der Waals surface area (Å²) < 4.78 is 58.4. The van der Waals surface area contributed by atoms with E-state index in [0.29, 0.717) is 54.9 Å². The van der Waals surface area contributed by atoms with Crippen molar-refractivity contribution in [2.75, 3.05) is 13.2 Å². The van der Waals surface area contributed by atoms with E-state index in [1.165, 1.54) is 48.2 Å². The number of hydrogen-bond donors (Lipinski definition) is 0. The van der Waals surface area contributed by atoms with Crippen molar-refractivity contribution in [1.29, 1.82) is 0 Å². The molecule has 11 heteroatoms. The number of carbonyl (C=O) groups excluding carboxylic acids is 2. The zero-order valence-electron chi connectivity index (χ0n) is 27.4. The summed E-state index contributed by atoms with van der Waals surface area (Å²) in [4.78, 5) is 31.2. The van der Waals surface area contributed by atoms with Crippen molar-refractivity contribution in [1.82, 2.24) is 14.1 Å². The topological polar surface area (TPSA) is 75.4 Å². The molecule has 7 nitrogen and oxygen atoms in total. The second-order valence-electron chi connectivity index (χ2n) is 11.5. The molecule has 252 valence electrons. The Bertz CT molecular complexity index is 2080. The molecule has 0 aliphatic heterocycles. The lowest BCUT2D eigenvalue weighted by molar-refractivity contribution is -0.144. The third kappa shape index (κ3) is 6.67. The average Bonchev–Trinajstić information content (AvgIpc) is 3.48. The van der Waals surface area contributed by atoms with Crippen LogP contribution >= 0.6 is 11.8 Å². The molecular weight excluding hydrogens is 651 g/mol. The van der Waals surface area contributed by atoms with Crippen molar-refractivity contribution >= 4 is 45.5 Å². The van der Waals surface area contributed by atoms with Crippen molar-refractivity contribution in [2.24, 2.45) is 0 Å². The van der Waals surface area contributed by atoms with E-state index in [2.05, 4.69) is 0 Å². The van der Waals surface area contributed by atoms with Crippen LogP contribution in [0.1, 0.15) is 47.8 Å². The zero-order chi connectivity index (χ0) is 34.8. The van der Waals surface area contributed by atoms with Crippen LogP contribution in [0, 0.1) is 31.3 Å². The van der Waals surface area contributed by atoms with Gasteiger partial charge in [0.05, 0.1) is 13.2 Å². The molecule has 0 spiro atoms. The van der Waals surface area contributed by atoms with Crippen LogP contribution in [0.15, 0.2) is 88.9 Å². The third-order valence-electron chi connectivity index (χ3n) is 8.57. The van der Waals surface area contributed by atoms with E-state index in [9.17, 15) is 14.0 Å². The molecule has 0 bridgehead atoms. The maximum atomic E-state index is 15.2. The lowest BCUT2D eigenvalue weighted by Crippen LogP contribution is -2.16. The van der Waals surface area contributed by atoms with E-state index in [1.54, 1.807) is 59.5 Å². The van der Waals surface area contributed by atoms with E-state index in [-0.39, 0.29) is 32.1 Å². The van der Waals surface area contributed by atoms with Crippen LogP contribution in [-0.4, -0.2) is 39.3 Å². The Balaban J connectivity index is 1.70. The minimum atomic E-state index is -0.697. The predicted octanol–water partition coefficient (Wildman–Crippen LogP) is 8.48. The standard InChI is InChI=1S/C38H34F3N3O4S/c1-5-47-33(45)20-43-22(3)35(29-18-25(40)11-15-31(29)43)37(28-8-7-17-42-38(28)49-27-13-9-24(39)10-14-27)36-23(4)44(21-34(46)48-6-2)32-16-12-26(41)19-30(32)36/h7-19,37H,5-6,20-21H2,1-4H3. The van der Waals surface area contributed by atoms with Crippen molar-refractivity contribution in [3.05, 3.63) is 125 Å². The first-order valence-electron chi connectivity index (χ1n) is 15.9. The Labute approximate surface area is 285 Å². The number of rotatable bonds is 11. The van der Waals surface area contributed by atoms with Gasteiger partial charge in [-0.3, -0.25) is 9.59 Å². The van der Waals surface area contributed by atoms with Crippen LogP contribution in [0.4, 0.5) is 13.2 Å². The number of ether oxygens (including phenoxy) is 2. The maximum absolute atomic E-state index is 15.2. The number of aromatic nitrogens is 3. The number of benzene rings is 3. The van der Waals surface area contributed by atoms with Crippen LogP contribution < -0.4 is 0 Å². The van der Waals surface area contributed by atoms with E-state index in [4.69, 9.17) is 14.5 Å². The zero-order valence-corrected chi connectivity index (χ0v) is 28.2. The average molecular weight is 686 g/mol. The van der Waals surface area contributed by atoms with Crippen molar-refractivity contribution < 1.29 is 32.2 Å². The summed E-state index contributed by atoms with van der Waals surface area (Å²) in [6, 6.07) is 18.6. The van der Waals surface area contributed by atoms with E-state index in [0.717, 1.165) is 4.90 Å². The van der Waals surface area contributed by atoms with Gasteiger partial charge in [0.1, 0.15) is 35.6 Å². The normalized spacial score (nSPS) is 11.5. The van der Waals surface area contributed by atoms with E-state index in [1.807, 2.05) is 19.9 Å². The van der Waals surface area contributed by atoms with Gasteiger partial charge in [-0.2, -0.15) is 0 Å². The molecule has 3 aromatic carbocycles. The number of halogens is 3. The van der Waals surface area contributed by atoms with Crippen LogP contribution in [-0.2, 0) is 32.2 Å². The van der Waals surface area contributed by atoms with Gasteiger partial charge in [-0.1, -0.05) is 17.8 Å². The van der Waals surface area contributed by atoms with Gasteiger partial charge in [0.2, 0.25) is 0 Å². The highest BCUT2D eigenvalue weighted by atomic mass is 32.2. The Morgan fingerprint density at radius 3 is 1.71 bits per heavy atom. The maximum Gasteiger partial charge on any atom is 0.325 e. The second-order valence-corrected chi connectivity index (χ2v) is 12.6. The molecule has 49 heavy (non-hydrogen) atoms. The molecule has 0 saturated carbocycles. The molecule has 6 aromatic rings. The predicted molar refractivity (Wildman–Crippen MR) is 182 cm³/mol. The van der Waals surface area contributed by atoms with Crippen LogP contribution in [0.3, 0.4) is 0 Å². The fourth-order valence-electron chi connectivity index (χ4n) is 6.55. The fraction of sp³-hybridized carbons (Fsp3) is 0.237. The summed E-state index contributed by atoms with van der Waals surface area (Å²) in [5, 5.41) is 1.69. The number of fused-ring (bicyclic) bond motifs is 2. The van der Waals surface area contributed by atoms with E-state index >= 15 is 8.78 Å². The highest BCUT2D eigenvalue weighted by Gasteiger charge is 2.33. The van der Waals surface area contributed by atoms with Crippen LogP contribution in [0.25, 0.3) is 21.8 Å². The molecule has 3 heterocycles. The molecule has 0 fully saturated rings. The highest BCUT2D eigenvalue weighted by Crippen LogP contribution is 2.47. The van der Waals surface area contributed by atoms with Crippen LogP contribution in [0.5, 0.6) is 0 Å². The summed E-state index contributed by atoms with van der Waals surface area (Å²) in [7, 11) is 0. The van der Waals surface area contributed by atoms with Gasteiger partial charge < -0.3 is 18.6 Å². The summed E-state index contributed by atoms with van der Waals surface area (Å²) >= 11 is 1.33. The van der Waals surface area contributed by atoms with Crippen molar-refractivity contribution in [3.8, 4) is 0 Å². The fourth-order valence-corrected chi connectivity index (χ4v) is 7.46. The van der Waals surface area contributed by atoms with Crippen molar-refractivity contribution in [3.63, 3.8) is 0 Å². The van der Waals surface area contributed by atoms with Gasteiger partial charge in [0.25, 0.3) is 0 Å². The first-order chi connectivity index (χ1) is 23.6. The summed E-state index contributed by atoms with van der Waals surface area (Å²) in [6.07, 6.45) is 1.65. The Kier molecular flexibility index (Phi) is 9.82. The van der Waals surface area contributed by atoms with Gasteiger partial charge in [0.15, 0.2) is 0 Å². The molecular formula is C38H34F3N3O4S. The molecule has 0 saturated heterocycles. The third-order valence-corrected chi connectivity index (χ3v) is 9.61. The molecule has 0 unspecified atom stereocenters. The Morgan fingerprint density at radius 1 is 0.735 bits per heavy atom. The summed E-state index contributed by atoms with van der Waals surface area (Å²) in [5.74, 6) is -2.91. The van der Waals surface area contributed by atoms with Crippen LogP contribution in [0.2, 0.25) is 0 Å². The number of esters is 2. The molecule has 0 N–H and O–H groups in total. The second kappa shape index (κ2) is 14.2. The minimum Gasteiger partial charge on any atom is -0.465 e. The Morgan fingerprint density at radius 2 is 1.22 bits per heavy atom. The number of nitrogens with zero attached hydrogens (tertiary/aromatic N) is 3. The van der Waals surface area contributed by atoms with Gasteiger partial charge in [-0.25, -0.2) is 18.2 Å². The van der Waals surface area contributed by atoms with Gasteiger partial charge in [-0.05, 0) is 111 Å². The lowest BCUT2D eigenvalue weighted by Gasteiger charge is -2.23. The molecule has 6 rings (SSSR count). The lowest BCUT2D eigenvalue weighted by atomic mass is 9.82.